The van der Waals surface area contributed by atoms with Crippen molar-refractivity contribution in [3.63, 3.8) is 0 Å². The van der Waals surface area contributed by atoms with Gasteiger partial charge in [0.2, 0.25) is 5.91 Å². The lowest BCUT2D eigenvalue weighted by atomic mass is 9.74. The van der Waals surface area contributed by atoms with Crippen molar-refractivity contribution in [3.05, 3.63) is 74.9 Å². The molecule has 0 spiro atoms. The van der Waals surface area contributed by atoms with Gasteiger partial charge in [0.25, 0.3) is 0 Å². The summed E-state index contributed by atoms with van der Waals surface area (Å²) in [7, 11) is 2.78. The van der Waals surface area contributed by atoms with Crippen LogP contribution in [0.1, 0.15) is 23.5 Å². The van der Waals surface area contributed by atoms with E-state index in [0.717, 1.165) is 5.56 Å². The third kappa shape index (κ3) is 6.78. The van der Waals surface area contributed by atoms with Gasteiger partial charge < -0.3 is 19.3 Å². The Balaban J connectivity index is 1.91. The highest BCUT2D eigenvalue weighted by atomic mass is 35.5. The lowest BCUT2D eigenvalue weighted by molar-refractivity contribution is -0.143. The number of carbonyl (C=O) groups is 3. The molecule has 1 saturated heterocycles. The van der Waals surface area contributed by atoms with Crippen molar-refractivity contribution in [1.82, 2.24) is 9.80 Å². The minimum Gasteiger partial charge on any atom is -0.468 e. The topological polar surface area (TPSA) is 106 Å². The van der Waals surface area contributed by atoms with Gasteiger partial charge in [-0.1, -0.05) is 47.5 Å². The van der Waals surface area contributed by atoms with E-state index in [9.17, 15) is 18.6 Å². The van der Waals surface area contributed by atoms with Crippen molar-refractivity contribution in [2.45, 2.75) is 24.2 Å². The number of benzene rings is 2. The number of hydrogen-bond acceptors (Lipinski definition) is 8. The molecule has 42 heavy (non-hydrogen) atoms. The van der Waals surface area contributed by atoms with Crippen molar-refractivity contribution in [2.24, 2.45) is 10.9 Å². The van der Waals surface area contributed by atoms with Gasteiger partial charge in [0.15, 0.2) is 0 Å². The molecule has 0 saturated carbocycles. The Kier molecular flexibility index (Phi) is 10.6. The van der Waals surface area contributed by atoms with Gasteiger partial charge in [0.1, 0.15) is 5.92 Å². The number of likely N-dealkylation sites (N-methyl/N-ethyl adjacent to an activating group) is 1. The molecule has 0 aliphatic carbocycles. The predicted octanol–water partition coefficient (Wildman–Crippen LogP) is 4.03. The molecule has 1 fully saturated rings. The number of amides is 1. The number of carbonyl (C=O) groups excluding carboxylic acids is 3. The molecule has 0 N–H and O–H groups in total. The molecule has 0 aromatic heterocycles. The summed E-state index contributed by atoms with van der Waals surface area (Å²) in [6.07, 6.45) is -0.211. The molecular weight excluding hydrogens is 601 g/mol. The smallest absolute Gasteiger partial charge is 0.336 e. The lowest BCUT2D eigenvalue weighted by Gasteiger charge is -2.35. The van der Waals surface area contributed by atoms with Crippen LogP contribution in [0.3, 0.4) is 0 Å². The van der Waals surface area contributed by atoms with E-state index >= 15 is 0 Å². The van der Waals surface area contributed by atoms with E-state index < -0.39 is 34.6 Å². The number of methoxy groups -OCH3 is 2. The number of nitrogens with zero attached hydrogens (tertiary/aromatic N) is 3. The molecule has 1 amide bonds. The van der Waals surface area contributed by atoms with E-state index in [1.54, 1.807) is 35.2 Å². The number of aliphatic imine (C=N–C) groups is 1. The maximum atomic E-state index is 13.7. The van der Waals surface area contributed by atoms with E-state index in [2.05, 4.69) is 4.90 Å². The molecule has 0 bridgehead atoms. The molecule has 2 aromatic carbocycles. The van der Waals surface area contributed by atoms with Crippen LogP contribution in [0.25, 0.3) is 0 Å². The lowest BCUT2D eigenvalue weighted by Crippen LogP contribution is -2.48. The van der Waals surface area contributed by atoms with Gasteiger partial charge in [-0.2, -0.15) is 0 Å². The maximum absolute atomic E-state index is 13.7. The third-order valence-corrected chi connectivity index (χ3v) is 9.70. The zero-order chi connectivity index (χ0) is 30.6. The molecule has 12 heteroatoms. The summed E-state index contributed by atoms with van der Waals surface area (Å²) in [4.78, 5) is 49.6. The second kappa shape index (κ2) is 13.9. The van der Waals surface area contributed by atoms with Crippen LogP contribution in [-0.2, 0) is 34.7 Å². The van der Waals surface area contributed by atoms with E-state index in [1.807, 2.05) is 26.1 Å². The second-order valence-electron chi connectivity index (χ2n) is 10.2. The van der Waals surface area contributed by atoms with Crippen LogP contribution < -0.4 is 0 Å². The van der Waals surface area contributed by atoms with Gasteiger partial charge in [-0.15, -0.1) is 0 Å². The van der Waals surface area contributed by atoms with Gasteiger partial charge in [0, 0.05) is 52.7 Å². The van der Waals surface area contributed by atoms with Gasteiger partial charge >= 0.3 is 11.9 Å². The quantitative estimate of drug-likeness (QED) is 0.404. The molecule has 9 nitrogen and oxygen atoms in total. The first-order valence-corrected chi connectivity index (χ1v) is 15.5. The largest absolute Gasteiger partial charge is 0.468 e. The molecular formula is C30H33Cl2N3O6S. The predicted molar refractivity (Wildman–Crippen MR) is 162 cm³/mol. The van der Waals surface area contributed by atoms with Crippen molar-refractivity contribution < 1.29 is 28.1 Å². The normalized spacial score (nSPS) is 20.1. The molecule has 2 aliphatic rings. The standard InChI is InChI=1S/C30H33Cl2N3O6S/c1-18-8-5-6-11-23(18)42(39)17-22-27(30(38)41-4)28(25-19(31)9-7-10-20(25)32)26(29(37)40-3)21(33-22)16-24(36)35-14-12-34(2)13-15-35/h5-11,26,28H,12-17H2,1-4H3. The van der Waals surface area contributed by atoms with Gasteiger partial charge in [-0.3, -0.25) is 18.8 Å². The third-order valence-electron chi connectivity index (χ3n) is 7.56. The van der Waals surface area contributed by atoms with Crippen LogP contribution in [0, 0.1) is 12.8 Å². The highest BCUT2D eigenvalue weighted by Gasteiger charge is 2.46. The molecule has 0 radical (unpaired) electrons. The summed E-state index contributed by atoms with van der Waals surface area (Å²) in [5.74, 6) is -4.22. The number of aryl methyl sites for hydroxylation is 1. The Morgan fingerprint density at radius 1 is 0.976 bits per heavy atom. The van der Waals surface area contributed by atoms with Gasteiger partial charge in [0.05, 0.1) is 48.5 Å². The van der Waals surface area contributed by atoms with Crippen LogP contribution in [0.4, 0.5) is 0 Å². The first-order valence-electron chi connectivity index (χ1n) is 13.4. The maximum Gasteiger partial charge on any atom is 0.336 e. The van der Waals surface area contributed by atoms with Crippen LogP contribution >= 0.6 is 23.2 Å². The Hall–Kier alpha value is -3.05. The number of piperazine rings is 1. The Morgan fingerprint density at radius 2 is 1.62 bits per heavy atom. The van der Waals surface area contributed by atoms with E-state index in [1.165, 1.54) is 14.2 Å². The minimum absolute atomic E-state index is 0.0133. The summed E-state index contributed by atoms with van der Waals surface area (Å²) < 4.78 is 24.0. The summed E-state index contributed by atoms with van der Waals surface area (Å²) in [5, 5.41) is 0.405. The number of halogens is 2. The summed E-state index contributed by atoms with van der Waals surface area (Å²) >= 11 is 13.3. The van der Waals surface area contributed by atoms with Crippen molar-refractivity contribution >= 4 is 57.6 Å². The first kappa shape index (κ1) is 31.9. The van der Waals surface area contributed by atoms with Crippen molar-refractivity contribution in [1.29, 1.82) is 0 Å². The average molecular weight is 635 g/mol. The summed E-state index contributed by atoms with van der Waals surface area (Å²) in [6, 6.07) is 12.0. The SMILES string of the molecule is COC(=O)C1=C(CS(=O)c2ccccc2C)N=C(CC(=O)N2CCN(C)CC2)C(C(=O)OC)C1c1c(Cl)cccc1Cl. The zero-order valence-electron chi connectivity index (χ0n) is 23.9. The Bertz CT molecular complexity index is 1450. The van der Waals surface area contributed by atoms with Crippen molar-refractivity contribution in [3.8, 4) is 0 Å². The fourth-order valence-corrected chi connectivity index (χ4v) is 7.22. The number of rotatable bonds is 8. The molecule has 3 unspecified atom stereocenters. The highest BCUT2D eigenvalue weighted by Crippen LogP contribution is 2.46. The molecule has 224 valence electrons. The number of esters is 2. The fourth-order valence-electron chi connectivity index (χ4n) is 5.31. The summed E-state index contributed by atoms with van der Waals surface area (Å²) in [5.41, 5.74) is 1.39. The van der Waals surface area contributed by atoms with Crippen LogP contribution in [0.5, 0.6) is 0 Å². The first-order chi connectivity index (χ1) is 20.1. The Morgan fingerprint density at radius 3 is 2.21 bits per heavy atom. The monoisotopic (exact) mass is 633 g/mol. The summed E-state index contributed by atoms with van der Waals surface area (Å²) in [6.45, 7) is 4.32. The average Bonchev–Trinajstić information content (AvgIpc) is 2.96. The zero-order valence-corrected chi connectivity index (χ0v) is 26.2. The molecule has 4 rings (SSSR count). The highest BCUT2D eigenvalue weighted by molar-refractivity contribution is 7.85. The van der Waals surface area contributed by atoms with Gasteiger partial charge in [-0.05, 0) is 43.3 Å². The minimum atomic E-state index is -1.63. The van der Waals surface area contributed by atoms with Gasteiger partial charge in [-0.25, -0.2) is 4.79 Å². The number of ether oxygens (including phenoxy) is 2. The molecule has 2 heterocycles. The molecule has 2 aromatic rings. The molecule has 3 atom stereocenters. The number of hydrogen-bond donors (Lipinski definition) is 0. The Labute approximate surface area is 257 Å². The van der Waals surface area contributed by atoms with Crippen LogP contribution in [0.15, 0.2) is 63.6 Å². The van der Waals surface area contributed by atoms with Crippen LogP contribution in [0.2, 0.25) is 10.0 Å². The van der Waals surface area contributed by atoms with E-state index in [4.69, 9.17) is 37.7 Å². The van der Waals surface area contributed by atoms with E-state index in [0.29, 0.717) is 31.1 Å². The second-order valence-corrected chi connectivity index (χ2v) is 12.4. The van der Waals surface area contributed by atoms with E-state index in [-0.39, 0.29) is 50.7 Å². The molecule has 2 aliphatic heterocycles. The van der Waals surface area contributed by atoms with Crippen molar-refractivity contribution in [2.75, 3.05) is 53.2 Å². The fraction of sp³-hybridized carbons (Fsp3) is 0.400. The van der Waals surface area contributed by atoms with Crippen LogP contribution in [-0.4, -0.2) is 90.8 Å².